The molecule has 1 fully saturated rings. The first-order chi connectivity index (χ1) is 6.96. The zero-order valence-corrected chi connectivity index (χ0v) is 11.3. The van der Waals surface area contributed by atoms with Crippen molar-refractivity contribution < 1.29 is 0 Å². The molecule has 0 saturated heterocycles. The van der Waals surface area contributed by atoms with Crippen LogP contribution in [-0.4, -0.2) is 12.6 Å². The predicted molar refractivity (Wildman–Crippen MR) is 68.0 cm³/mol. The van der Waals surface area contributed by atoms with E-state index in [1.165, 1.54) is 32.2 Å². The highest BCUT2D eigenvalue weighted by molar-refractivity contribution is 4.97. The van der Waals surface area contributed by atoms with E-state index in [2.05, 4.69) is 39.9 Å². The Kier molecular flexibility index (Phi) is 4.64. The Morgan fingerprint density at radius 1 is 1.00 bits per heavy atom. The molecule has 0 spiro atoms. The van der Waals surface area contributed by atoms with Gasteiger partial charge in [-0.1, -0.05) is 27.7 Å². The van der Waals surface area contributed by atoms with Gasteiger partial charge >= 0.3 is 0 Å². The molecule has 1 aliphatic rings. The maximum Gasteiger partial charge on any atom is 0.00390 e. The normalized spacial score (nSPS) is 21.0. The highest BCUT2D eigenvalue weighted by Gasteiger charge is 2.44. The van der Waals surface area contributed by atoms with Crippen molar-refractivity contribution >= 4 is 0 Å². The third-order valence-corrected chi connectivity index (χ3v) is 4.10. The lowest BCUT2D eigenvalue weighted by Crippen LogP contribution is -2.34. The topological polar surface area (TPSA) is 12.0 Å². The molecular weight excluding hydrogens is 182 g/mol. The van der Waals surface area contributed by atoms with Gasteiger partial charge in [-0.2, -0.15) is 0 Å². The lowest BCUT2D eigenvalue weighted by atomic mass is 9.92. The second-order valence-corrected chi connectivity index (χ2v) is 6.27. The highest BCUT2D eigenvalue weighted by atomic mass is 14.9. The first kappa shape index (κ1) is 13.0. The molecule has 15 heavy (non-hydrogen) atoms. The third kappa shape index (κ3) is 4.14. The van der Waals surface area contributed by atoms with E-state index in [1.54, 1.807) is 0 Å². The summed E-state index contributed by atoms with van der Waals surface area (Å²) < 4.78 is 0. The number of nitrogens with one attached hydrogen (secondary N) is 1. The number of hydrogen-bond donors (Lipinski definition) is 1. The molecule has 1 saturated carbocycles. The monoisotopic (exact) mass is 211 g/mol. The van der Waals surface area contributed by atoms with Gasteiger partial charge in [-0.25, -0.2) is 0 Å². The van der Waals surface area contributed by atoms with Gasteiger partial charge in [0.25, 0.3) is 0 Å². The summed E-state index contributed by atoms with van der Waals surface area (Å²) in [5.74, 6) is 1.69. The van der Waals surface area contributed by atoms with Crippen LogP contribution in [0.25, 0.3) is 0 Å². The molecule has 0 bridgehead atoms. The summed E-state index contributed by atoms with van der Waals surface area (Å²) in [7, 11) is 0. The minimum absolute atomic E-state index is 0.659. The molecule has 0 aromatic carbocycles. The molecule has 0 aliphatic heterocycles. The smallest absolute Gasteiger partial charge is 0.00390 e. The Bertz CT molecular complexity index is 180. The van der Waals surface area contributed by atoms with E-state index in [1.807, 2.05) is 0 Å². The predicted octanol–water partition coefficient (Wildman–Crippen LogP) is 3.84. The van der Waals surface area contributed by atoms with Crippen LogP contribution in [0.2, 0.25) is 0 Å². The standard InChI is InChI=1S/C14H29N/c1-11(2)6-7-13(5)15-10-14(8-9-14)12(3)4/h11-13,15H,6-10H2,1-5H3. The number of hydrogen-bond acceptors (Lipinski definition) is 1. The SMILES string of the molecule is CC(C)CCC(C)NCC1(C(C)C)CC1. The van der Waals surface area contributed by atoms with Gasteiger partial charge in [0.2, 0.25) is 0 Å². The fraction of sp³-hybridized carbons (Fsp3) is 1.00. The molecule has 0 amide bonds. The summed E-state index contributed by atoms with van der Waals surface area (Å²) in [4.78, 5) is 0. The van der Waals surface area contributed by atoms with Crippen LogP contribution in [0.3, 0.4) is 0 Å². The zero-order chi connectivity index (χ0) is 11.5. The summed E-state index contributed by atoms with van der Waals surface area (Å²) in [5, 5.41) is 3.72. The van der Waals surface area contributed by atoms with E-state index in [-0.39, 0.29) is 0 Å². The van der Waals surface area contributed by atoms with E-state index in [0.29, 0.717) is 11.5 Å². The van der Waals surface area contributed by atoms with Gasteiger partial charge in [0, 0.05) is 12.6 Å². The largest absolute Gasteiger partial charge is 0.314 e. The van der Waals surface area contributed by atoms with Crippen LogP contribution in [0.1, 0.15) is 60.3 Å². The van der Waals surface area contributed by atoms with Crippen LogP contribution in [-0.2, 0) is 0 Å². The Balaban J connectivity index is 2.14. The molecule has 0 heterocycles. The van der Waals surface area contributed by atoms with Gasteiger partial charge in [-0.15, -0.1) is 0 Å². The van der Waals surface area contributed by atoms with Crippen molar-refractivity contribution in [3.05, 3.63) is 0 Å². The molecule has 1 nitrogen and oxygen atoms in total. The van der Waals surface area contributed by atoms with Crippen molar-refractivity contribution in [2.45, 2.75) is 66.3 Å². The van der Waals surface area contributed by atoms with Crippen LogP contribution in [0, 0.1) is 17.3 Å². The van der Waals surface area contributed by atoms with Gasteiger partial charge in [-0.05, 0) is 49.9 Å². The fourth-order valence-corrected chi connectivity index (χ4v) is 2.18. The molecule has 0 aromatic rings. The Labute approximate surface area is 96.0 Å². The second-order valence-electron chi connectivity index (χ2n) is 6.27. The molecule has 1 heteroatoms. The Morgan fingerprint density at radius 2 is 1.60 bits per heavy atom. The maximum atomic E-state index is 3.72. The van der Waals surface area contributed by atoms with Crippen LogP contribution < -0.4 is 5.32 Å². The molecule has 1 rings (SSSR count). The molecule has 0 aromatic heterocycles. The van der Waals surface area contributed by atoms with Gasteiger partial charge in [0.1, 0.15) is 0 Å². The van der Waals surface area contributed by atoms with Crippen LogP contribution in [0.5, 0.6) is 0 Å². The Morgan fingerprint density at radius 3 is 2.00 bits per heavy atom. The molecule has 90 valence electrons. The second kappa shape index (κ2) is 5.34. The van der Waals surface area contributed by atoms with Crippen molar-refractivity contribution in [3.63, 3.8) is 0 Å². The Hall–Kier alpha value is -0.0400. The fourth-order valence-electron chi connectivity index (χ4n) is 2.18. The van der Waals surface area contributed by atoms with Gasteiger partial charge in [0.15, 0.2) is 0 Å². The summed E-state index contributed by atoms with van der Waals surface area (Å²) in [6, 6.07) is 0.698. The maximum absolute atomic E-state index is 3.72. The van der Waals surface area contributed by atoms with Crippen LogP contribution in [0.15, 0.2) is 0 Å². The highest BCUT2D eigenvalue weighted by Crippen LogP contribution is 2.51. The zero-order valence-electron chi connectivity index (χ0n) is 11.3. The van der Waals surface area contributed by atoms with E-state index in [4.69, 9.17) is 0 Å². The minimum Gasteiger partial charge on any atom is -0.314 e. The van der Waals surface area contributed by atoms with Crippen molar-refractivity contribution in [1.29, 1.82) is 0 Å². The average Bonchev–Trinajstić information content (AvgIpc) is 2.92. The van der Waals surface area contributed by atoms with E-state index in [9.17, 15) is 0 Å². The van der Waals surface area contributed by atoms with Gasteiger partial charge in [-0.3, -0.25) is 0 Å². The molecule has 1 atom stereocenters. The van der Waals surface area contributed by atoms with E-state index in [0.717, 1.165) is 11.8 Å². The average molecular weight is 211 g/mol. The molecule has 1 N–H and O–H groups in total. The van der Waals surface area contributed by atoms with Crippen molar-refractivity contribution in [1.82, 2.24) is 5.32 Å². The lowest BCUT2D eigenvalue weighted by Gasteiger charge is -2.23. The molecular formula is C14H29N. The quantitative estimate of drug-likeness (QED) is 0.674. The van der Waals surface area contributed by atoms with Crippen molar-refractivity contribution in [2.24, 2.45) is 17.3 Å². The summed E-state index contributed by atoms with van der Waals surface area (Å²) in [6.07, 6.45) is 5.55. The molecule has 0 radical (unpaired) electrons. The van der Waals surface area contributed by atoms with Crippen LogP contribution in [0.4, 0.5) is 0 Å². The van der Waals surface area contributed by atoms with Crippen molar-refractivity contribution in [3.8, 4) is 0 Å². The lowest BCUT2D eigenvalue weighted by molar-refractivity contribution is 0.315. The third-order valence-electron chi connectivity index (χ3n) is 4.10. The molecule has 1 aliphatic carbocycles. The van der Waals surface area contributed by atoms with E-state index >= 15 is 0 Å². The first-order valence-corrected chi connectivity index (χ1v) is 6.69. The summed E-state index contributed by atoms with van der Waals surface area (Å²) in [5.41, 5.74) is 0.659. The summed E-state index contributed by atoms with van der Waals surface area (Å²) in [6.45, 7) is 12.9. The van der Waals surface area contributed by atoms with Crippen molar-refractivity contribution in [2.75, 3.05) is 6.54 Å². The van der Waals surface area contributed by atoms with E-state index < -0.39 is 0 Å². The summed E-state index contributed by atoms with van der Waals surface area (Å²) >= 11 is 0. The van der Waals surface area contributed by atoms with Gasteiger partial charge in [0.05, 0.1) is 0 Å². The molecule has 1 unspecified atom stereocenters. The van der Waals surface area contributed by atoms with Gasteiger partial charge < -0.3 is 5.32 Å². The first-order valence-electron chi connectivity index (χ1n) is 6.69. The van der Waals surface area contributed by atoms with Crippen LogP contribution >= 0.6 is 0 Å². The number of rotatable bonds is 7. The minimum atomic E-state index is 0.659.